The lowest BCUT2D eigenvalue weighted by molar-refractivity contribution is 0.522. The molecule has 0 spiro atoms. The maximum atomic E-state index is 5.96. The van der Waals surface area contributed by atoms with Crippen molar-refractivity contribution in [1.29, 1.82) is 0 Å². The summed E-state index contributed by atoms with van der Waals surface area (Å²) in [6, 6.07) is 0.407. The fourth-order valence-corrected chi connectivity index (χ4v) is 2.09. The summed E-state index contributed by atoms with van der Waals surface area (Å²) in [5.41, 5.74) is 11.4. The monoisotopic (exact) mass is 298 g/mol. The molecule has 0 bridgehead atoms. The zero-order valence-electron chi connectivity index (χ0n) is 8.64. The Balaban J connectivity index is 3.12. The van der Waals surface area contributed by atoms with Crippen molar-refractivity contribution in [1.82, 2.24) is 0 Å². The van der Waals surface area contributed by atoms with E-state index in [1.54, 1.807) is 0 Å². The lowest BCUT2D eigenvalue weighted by Crippen LogP contribution is -2.22. The van der Waals surface area contributed by atoms with Crippen LogP contribution in [-0.4, -0.2) is 16.5 Å². The van der Waals surface area contributed by atoms with Crippen LogP contribution in [0.25, 0.3) is 0 Å². The molecular weight excluding hydrogens is 275 g/mol. The third kappa shape index (κ3) is 10.6. The second kappa shape index (κ2) is 9.21. The first-order chi connectivity index (χ1) is 6.16. The minimum atomic E-state index is 0.407. The number of halogens is 1. The van der Waals surface area contributed by atoms with Crippen LogP contribution in [0.4, 0.5) is 0 Å². The third-order valence-electron chi connectivity index (χ3n) is 2.16. The molecule has 80 valence electrons. The molecule has 4 N–H and O–H groups in total. The largest absolute Gasteiger partial charge is 0.330 e. The molecule has 2 nitrogen and oxygen atoms in total. The van der Waals surface area contributed by atoms with Crippen molar-refractivity contribution in [2.24, 2.45) is 11.5 Å². The van der Waals surface area contributed by atoms with Crippen molar-refractivity contribution < 1.29 is 0 Å². The van der Waals surface area contributed by atoms with Gasteiger partial charge in [0.05, 0.1) is 0 Å². The summed E-state index contributed by atoms with van der Waals surface area (Å²) in [5, 5.41) is 0. The van der Waals surface area contributed by atoms with Crippen molar-refractivity contribution in [3.8, 4) is 0 Å². The van der Waals surface area contributed by atoms with E-state index in [-0.39, 0.29) is 0 Å². The van der Waals surface area contributed by atoms with Gasteiger partial charge in [-0.25, -0.2) is 0 Å². The Morgan fingerprint density at radius 2 is 1.77 bits per heavy atom. The highest BCUT2D eigenvalue weighted by molar-refractivity contribution is 14.1. The summed E-state index contributed by atoms with van der Waals surface area (Å²) >= 11 is 2.44. The van der Waals surface area contributed by atoms with E-state index in [9.17, 15) is 0 Å². The second-order valence-electron chi connectivity index (χ2n) is 3.77. The summed E-state index contributed by atoms with van der Waals surface area (Å²) in [7, 11) is 0. The zero-order chi connectivity index (χ0) is 10.1. The van der Waals surface area contributed by atoms with E-state index in [1.807, 2.05) is 0 Å². The summed E-state index contributed by atoms with van der Waals surface area (Å²) in [6.07, 6.45) is 7.32. The van der Waals surface area contributed by atoms with Gasteiger partial charge in [0.15, 0.2) is 0 Å². The van der Waals surface area contributed by atoms with Gasteiger partial charge in [-0.15, -0.1) is 0 Å². The Morgan fingerprint density at radius 1 is 1.15 bits per heavy atom. The van der Waals surface area contributed by atoms with Crippen molar-refractivity contribution >= 4 is 22.6 Å². The number of alkyl halides is 1. The molecule has 0 heterocycles. The van der Waals surface area contributed by atoms with Crippen LogP contribution in [0.3, 0.4) is 0 Å². The second-order valence-corrected chi connectivity index (χ2v) is 5.89. The standard InChI is InChI=1S/C10H23IN2/c1-9(11)8-10(13)6-4-2-3-5-7-12/h9-10H,2-8,12-13H2,1H3. The van der Waals surface area contributed by atoms with Crippen LogP contribution in [0, 0.1) is 0 Å². The molecule has 0 saturated carbocycles. The normalized spacial score (nSPS) is 15.7. The number of hydrogen-bond donors (Lipinski definition) is 2. The van der Waals surface area contributed by atoms with Crippen LogP contribution in [0.5, 0.6) is 0 Å². The van der Waals surface area contributed by atoms with Crippen LogP contribution < -0.4 is 11.5 Å². The highest BCUT2D eigenvalue weighted by Crippen LogP contribution is 2.11. The molecule has 0 aliphatic rings. The molecule has 0 saturated heterocycles. The Kier molecular flexibility index (Phi) is 9.68. The molecule has 0 aromatic heterocycles. The van der Waals surface area contributed by atoms with E-state index in [0.717, 1.165) is 19.4 Å². The Hall–Kier alpha value is 0.650. The first-order valence-corrected chi connectivity index (χ1v) is 6.51. The minimum Gasteiger partial charge on any atom is -0.330 e. The van der Waals surface area contributed by atoms with Gasteiger partial charge < -0.3 is 11.5 Å². The molecule has 3 heteroatoms. The zero-order valence-corrected chi connectivity index (χ0v) is 10.8. The van der Waals surface area contributed by atoms with E-state index < -0.39 is 0 Å². The predicted octanol–water partition coefficient (Wildman–Crippen LogP) is 2.44. The van der Waals surface area contributed by atoms with Gasteiger partial charge in [0, 0.05) is 9.97 Å². The quantitative estimate of drug-likeness (QED) is 0.411. The van der Waals surface area contributed by atoms with E-state index >= 15 is 0 Å². The van der Waals surface area contributed by atoms with Crippen molar-refractivity contribution in [3.63, 3.8) is 0 Å². The molecule has 0 aliphatic carbocycles. The Labute approximate surface area is 96.0 Å². The highest BCUT2D eigenvalue weighted by Gasteiger charge is 2.05. The van der Waals surface area contributed by atoms with Gasteiger partial charge in [-0.3, -0.25) is 0 Å². The van der Waals surface area contributed by atoms with Crippen molar-refractivity contribution in [2.75, 3.05) is 6.54 Å². The molecule has 0 aromatic rings. The summed E-state index contributed by atoms with van der Waals surface area (Å²) in [4.78, 5) is 0. The number of rotatable bonds is 8. The van der Waals surface area contributed by atoms with Crippen LogP contribution in [-0.2, 0) is 0 Å². The van der Waals surface area contributed by atoms with Gasteiger partial charge in [-0.05, 0) is 25.8 Å². The van der Waals surface area contributed by atoms with Crippen LogP contribution in [0.1, 0.15) is 45.4 Å². The van der Waals surface area contributed by atoms with Gasteiger partial charge in [-0.1, -0.05) is 48.8 Å². The van der Waals surface area contributed by atoms with E-state index in [2.05, 4.69) is 29.5 Å². The van der Waals surface area contributed by atoms with Crippen molar-refractivity contribution in [3.05, 3.63) is 0 Å². The Morgan fingerprint density at radius 3 is 2.31 bits per heavy atom. The molecule has 0 aromatic carbocycles. The molecule has 13 heavy (non-hydrogen) atoms. The number of nitrogens with two attached hydrogens (primary N) is 2. The SMILES string of the molecule is CC(I)CC(N)CCCCCCN. The lowest BCUT2D eigenvalue weighted by atomic mass is 10.0. The lowest BCUT2D eigenvalue weighted by Gasteiger charge is -2.12. The van der Waals surface area contributed by atoms with Crippen LogP contribution in [0.2, 0.25) is 0 Å². The first kappa shape index (κ1) is 13.7. The molecule has 0 amide bonds. The van der Waals surface area contributed by atoms with E-state index in [4.69, 9.17) is 11.5 Å². The van der Waals surface area contributed by atoms with E-state index in [1.165, 1.54) is 25.7 Å². The van der Waals surface area contributed by atoms with Gasteiger partial charge >= 0.3 is 0 Å². The number of unbranched alkanes of at least 4 members (excludes halogenated alkanes) is 3. The predicted molar refractivity (Wildman–Crippen MR) is 68.2 cm³/mol. The maximum absolute atomic E-state index is 5.96. The van der Waals surface area contributed by atoms with E-state index in [0.29, 0.717) is 9.97 Å². The molecule has 2 unspecified atom stereocenters. The smallest absolute Gasteiger partial charge is 0.00960 e. The molecule has 0 aliphatic heterocycles. The topological polar surface area (TPSA) is 52.0 Å². The average molecular weight is 298 g/mol. The molecule has 0 rings (SSSR count). The summed E-state index contributed by atoms with van der Waals surface area (Å²) in [6.45, 7) is 3.05. The molecular formula is C10H23IN2. The van der Waals surface area contributed by atoms with Crippen molar-refractivity contribution in [2.45, 2.75) is 55.4 Å². The van der Waals surface area contributed by atoms with Gasteiger partial charge in [0.25, 0.3) is 0 Å². The molecule has 2 atom stereocenters. The maximum Gasteiger partial charge on any atom is 0.00960 e. The van der Waals surface area contributed by atoms with Crippen LogP contribution in [0.15, 0.2) is 0 Å². The van der Waals surface area contributed by atoms with Gasteiger partial charge in [-0.2, -0.15) is 0 Å². The van der Waals surface area contributed by atoms with Gasteiger partial charge in [0.2, 0.25) is 0 Å². The fraction of sp³-hybridized carbons (Fsp3) is 1.00. The minimum absolute atomic E-state index is 0.407. The fourth-order valence-electron chi connectivity index (χ4n) is 1.44. The highest BCUT2D eigenvalue weighted by atomic mass is 127. The first-order valence-electron chi connectivity index (χ1n) is 5.26. The summed E-state index contributed by atoms with van der Waals surface area (Å²) in [5.74, 6) is 0. The average Bonchev–Trinajstić information content (AvgIpc) is 2.02. The van der Waals surface area contributed by atoms with Crippen LogP contribution >= 0.6 is 22.6 Å². The third-order valence-corrected chi connectivity index (χ3v) is 2.67. The summed E-state index contributed by atoms with van der Waals surface area (Å²) < 4.78 is 0.705. The number of hydrogen-bond acceptors (Lipinski definition) is 2. The Bertz CT molecular complexity index is 107. The van der Waals surface area contributed by atoms with Gasteiger partial charge in [0.1, 0.15) is 0 Å². The molecule has 0 radical (unpaired) electrons. The molecule has 0 fully saturated rings.